The van der Waals surface area contributed by atoms with E-state index in [4.69, 9.17) is 9.90 Å². The van der Waals surface area contributed by atoms with Gasteiger partial charge < -0.3 is 9.90 Å². The van der Waals surface area contributed by atoms with Crippen molar-refractivity contribution in [2.24, 2.45) is 0 Å². The van der Waals surface area contributed by atoms with E-state index >= 15 is 0 Å². The molecule has 22 valence electrons. The van der Waals surface area contributed by atoms with Gasteiger partial charge in [-0.05, 0) is 0 Å². The van der Waals surface area contributed by atoms with Crippen molar-refractivity contribution in [1.82, 2.24) is 0 Å². The molecule has 0 bridgehead atoms. The van der Waals surface area contributed by atoms with E-state index in [1.807, 2.05) is 0 Å². The van der Waals surface area contributed by atoms with Gasteiger partial charge in [0, 0.05) is 0 Å². The molecule has 0 amide bonds. The minimum Gasteiger partial charge on any atom is -0.665 e. The average molecular weight is 254 g/mol. The first-order valence-electron chi connectivity index (χ1n) is 0.428. The monoisotopic (exact) mass is 254 g/mol. The number of hydrogen-bond acceptors (Lipinski definition) is 1. The standard InChI is InChI=1S/CHO2.Bi/c2-1-3;/h(H,2,3);/q-1;+1. The van der Waals surface area contributed by atoms with Crippen LogP contribution in [0.3, 0.4) is 0 Å². The molecule has 0 atom stereocenters. The van der Waals surface area contributed by atoms with Gasteiger partial charge in [-0.25, -0.2) is 0 Å². The van der Waals surface area contributed by atoms with Crippen molar-refractivity contribution >= 4 is 32.7 Å². The minimum atomic E-state index is 0. The first-order valence-corrected chi connectivity index (χ1v) is 0.428. The quantitative estimate of drug-likeness (QED) is 0.455. The molecule has 0 fully saturated rings. The summed E-state index contributed by atoms with van der Waals surface area (Å²) in [5, 5.41) is 6.76. The maximum Gasteiger partial charge on any atom is 1.00 e. The van der Waals surface area contributed by atoms with Crippen molar-refractivity contribution < 1.29 is 9.90 Å². The average Bonchev–Trinajstić information content (AvgIpc) is 0.918. The third-order valence-electron chi connectivity index (χ3n) is 0. The van der Waals surface area contributed by atoms with Gasteiger partial charge in [0.05, 0.1) is 0 Å². The van der Waals surface area contributed by atoms with Crippen LogP contribution in [0.25, 0.3) is 0 Å². The minimum absolute atomic E-state index is 0. The molecule has 2 nitrogen and oxygen atoms in total. The topological polar surface area (TPSA) is 37.3 Å². The van der Waals surface area contributed by atoms with Gasteiger partial charge in [-0.1, -0.05) is 6.47 Å². The molecule has 4 radical (unpaired) electrons. The molecule has 0 aromatic carbocycles. The summed E-state index contributed by atoms with van der Waals surface area (Å²) >= 11 is 0. The van der Waals surface area contributed by atoms with Crippen LogP contribution >= 0.6 is 0 Å². The van der Waals surface area contributed by atoms with Gasteiger partial charge in [0.2, 0.25) is 0 Å². The summed E-state index contributed by atoms with van der Waals surface area (Å²) in [6, 6.07) is 0. The first kappa shape index (κ1) is 8.84. The number of hydrogen-bond donors (Lipinski definition) is 1. The van der Waals surface area contributed by atoms with Gasteiger partial charge in [-0.3, -0.25) is 0 Å². The van der Waals surface area contributed by atoms with Crippen molar-refractivity contribution in [1.29, 1.82) is 0 Å². The normalized spacial score (nSPS) is 3.00. The SMILES string of the molecule is O=[C-]O.[Bi+]. The molecule has 4 heavy (non-hydrogen) atoms. The zero-order valence-corrected chi connectivity index (χ0v) is 5.28. The maximum absolute atomic E-state index is 8.24. The number of rotatable bonds is 0. The first-order chi connectivity index (χ1) is 1.41. The fraction of sp³-hybridized carbons (Fsp3) is 0. The fourth-order valence-corrected chi connectivity index (χ4v) is 0. The number of aliphatic hydroxyl groups excluding tert-OH is 1. The molecule has 0 saturated carbocycles. The Bertz CT molecular complexity index is 13.5. The van der Waals surface area contributed by atoms with E-state index in [-0.39, 0.29) is 26.2 Å². The van der Waals surface area contributed by atoms with E-state index in [1.165, 1.54) is 0 Å². The Hall–Kier alpha value is 0.353. The summed E-state index contributed by atoms with van der Waals surface area (Å²) in [5.41, 5.74) is 0. The summed E-state index contributed by atoms with van der Waals surface area (Å²) < 4.78 is 0. The van der Waals surface area contributed by atoms with Gasteiger partial charge >= 0.3 is 26.2 Å². The van der Waals surface area contributed by atoms with Crippen LogP contribution in [0.4, 0.5) is 0 Å². The summed E-state index contributed by atoms with van der Waals surface area (Å²) in [6.45, 7) is 0.500. The molecule has 0 aromatic rings. The predicted octanol–water partition coefficient (Wildman–Crippen LogP) is -0.769. The van der Waals surface area contributed by atoms with E-state index in [0.29, 0.717) is 6.47 Å². The second-order valence-corrected chi connectivity index (χ2v) is 0.0913. The van der Waals surface area contributed by atoms with E-state index in [1.54, 1.807) is 0 Å². The molecular formula is CHBiO2. The Balaban J connectivity index is 0. The molecule has 0 aliphatic carbocycles. The predicted molar refractivity (Wildman–Crippen MR) is 14.1 cm³/mol. The van der Waals surface area contributed by atoms with E-state index < -0.39 is 0 Å². The molecule has 0 unspecified atom stereocenters. The fourth-order valence-electron chi connectivity index (χ4n) is 0. The molecule has 0 heterocycles. The molecular weight excluding hydrogens is 253 g/mol. The van der Waals surface area contributed by atoms with Crippen LogP contribution in [-0.2, 0) is 4.79 Å². The van der Waals surface area contributed by atoms with E-state index in [9.17, 15) is 0 Å². The summed E-state index contributed by atoms with van der Waals surface area (Å²) in [5.74, 6) is 0. The molecule has 0 spiro atoms. The van der Waals surface area contributed by atoms with Crippen molar-refractivity contribution in [2.45, 2.75) is 0 Å². The van der Waals surface area contributed by atoms with Crippen LogP contribution in [-0.4, -0.2) is 37.8 Å². The Morgan fingerprint density at radius 3 is 1.75 bits per heavy atom. The van der Waals surface area contributed by atoms with Gasteiger partial charge in [-0.15, -0.1) is 0 Å². The largest absolute Gasteiger partial charge is 1.00 e. The van der Waals surface area contributed by atoms with Crippen molar-refractivity contribution in [3.8, 4) is 0 Å². The van der Waals surface area contributed by atoms with Crippen LogP contribution < -0.4 is 0 Å². The smallest absolute Gasteiger partial charge is 0.665 e. The third kappa shape index (κ3) is 34.6. The van der Waals surface area contributed by atoms with Gasteiger partial charge in [-0.2, -0.15) is 0 Å². The molecule has 0 rings (SSSR count). The van der Waals surface area contributed by atoms with Crippen molar-refractivity contribution in [2.75, 3.05) is 0 Å². The Kier molecular flexibility index (Phi) is 22.4. The van der Waals surface area contributed by atoms with Crippen LogP contribution in [0.15, 0.2) is 0 Å². The summed E-state index contributed by atoms with van der Waals surface area (Å²) in [6.07, 6.45) is 0. The molecule has 0 aliphatic rings. The Morgan fingerprint density at radius 1 is 1.75 bits per heavy atom. The Labute approximate surface area is 42.9 Å². The molecule has 0 saturated heterocycles. The van der Waals surface area contributed by atoms with Crippen LogP contribution in [0.1, 0.15) is 0 Å². The third-order valence-corrected chi connectivity index (χ3v) is 0. The van der Waals surface area contributed by atoms with Crippen LogP contribution in [0.5, 0.6) is 0 Å². The maximum atomic E-state index is 8.24. The summed E-state index contributed by atoms with van der Waals surface area (Å²) in [7, 11) is 0. The molecule has 3 heteroatoms. The van der Waals surface area contributed by atoms with E-state index in [0.717, 1.165) is 0 Å². The van der Waals surface area contributed by atoms with Crippen LogP contribution in [0.2, 0.25) is 0 Å². The van der Waals surface area contributed by atoms with Gasteiger partial charge in [0.25, 0.3) is 0 Å². The zero-order valence-electron chi connectivity index (χ0n) is 1.80. The van der Waals surface area contributed by atoms with E-state index in [2.05, 4.69) is 0 Å². The zero-order chi connectivity index (χ0) is 2.71. The molecule has 0 aliphatic heterocycles. The van der Waals surface area contributed by atoms with Gasteiger partial charge in [0.1, 0.15) is 0 Å². The summed E-state index contributed by atoms with van der Waals surface area (Å²) in [4.78, 5) is 8.24. The van der Waals surface area contributed by atoms with Crippen LogP contribution in [0, 0.1) is 0 Å². The molecule has 1 N–H and O–H groups in total. The van der Waals surface area contributed by atoms with Gasteiger partial charge in [0.15, 0.2) is 0 Å². The second kappa shape index (κ2) is 10.1. The molecule has 0 aromatic heterocycles. The Morgan fingerprint density at radius 2 is 1.75 bits per heavy atom. The second-order valence-electron chi connectivity index (χ2n) is 0.0913. The van der Waals surface area contributed by atoms with Crippen molar-refractivity contribution in [3.63, 3.8) is 0 Å². The van der Waals surface area contributed by atoms with Crippen molar-refractivity contribution in [3.05, 3.63) is 0 Å².